The number of halogens is 2. The Labute approximate surface area is 172 Å². The van der Waals surface area contributed by atoms with Crippen molar-refractivity contribution in [3.05, 3.63) is 80.8 Å². The summed E-state index contributed by atoms with van der Waals surface area (Å²) < 4.78 is 3.26. The molecule has 0 spiro atoms. The fourth-order valence-corrected chi connectivity index (χ4v) is 3.95. The summed E-state index contributed by atoms with van der Waals surface area (Å²) in [5.41, 5.74) is 5.19. The molecule has 2 aromatic carbocycles. The van der Waals surface area contributed by atoms with E-state index in [0.717, 1.165) is 45.8 Å². The Morgan fingerprint density at radius 2 is 1.96 bits per heavy atom. The standard InChI is InChI=1S/C21H20BrClN4/c1-26(2)10-9-15-12-24-20-13-25-21(16-5-3-4-6-18(16)23)17-11-14(22)7-8-19(17)27(15)20/h3-8,11-12H,9-10,13H2,1-2H3. The lowest BCUT2D eigenvalue weighted by molar-refractivity contribution is 0.410. The fraction of sp³-hybridized carbons (Fsp3) is 0.238. The van der Waals surface area contributed by atoms with Crippen LogP contribution in [0.25, 0.3) is 5.69 Å². The Hall–Kier alpha value is -1.95. The molecule has 0 amide bonds. The largest absolute Gasteiger partial charge is 0.309 e. The number of aromatic nitrogens is 2. The lowest BCUT2D eigenvalue weighted by Gasteiger charge is -2.16. The topological polar surface area (TPSA) is 33.4 Å². The first-order valence-electron chi connectivity index (χ1n) is 8.84. The third-order valence-electron chi connectivity index (χ3n) is 4.69. The van der Waals surface area contributed by atoms with E-state index >= 15 is 0 Å². The Kier molecular flexibility index (Phi) is 5.17. The molecule has 4 nitrogen and oxygen atoms in total. The lowest BCUT2D eigenvalue weighted by Crippen LogP contribution is -2.17. The molecule has 27 heavy (non-hydrogen) atoms. The minimum atomic E-state index is 0.523. The maximum atomic E-state index is 6.50. The molecule has 0 unspecified atom stereocenters. The molecule has 0 bridgehead atoms. The first-order valence-corrected chi connectivity index (χ1v) is 10.0. The molecular weight excluding hydrogens is 424 g/mol. The van der Waals surface area contributed by atoms with E-state index in [0.29, 0.717) is 11.6 Å². The number of likely N-dealkylation sites (N-methyl/N-ethyl adjacent to an activating group) is 1. The monoisotopic (exact) mass is 442 g/mol. The Morgan fingerprint density at radius 3 is 2.74 bits per heavy atom. The van der Waals surface area contributed by atoms with Crippen LogP contribution in [0.4, 0.5) is 0 Å². The van der Waals surface area contributed by atoms with Crippen molar-refractivity contribution in [2.24, 2.45) is 4.99 Å². The zero-order valence-corrected chi connectivity index (χ0v) is 17.6. The van der Waals surface area contributed by atoms with Gasteiger partial charge in [-0.25, -0.2) is 4.98 Å². The second kappa shape index (κ2) is 7.58. The van der Waals surface area contributed by atoms with Crippen LogP contribution < -0.4 is 0 Å². The van der Waals surface area contributed by atoms with Crippen molar-refractivity contribution in [2.45, 2.75) is 13.0 Å². The molecule has 0 N–H and O–H groups in total. The molecule has 4 rings (SSSR count). The molecule has 1 aliphatic rings. The number of imidazole rings is 1. The number of fused-ring (bicyclic) bond motifs is 3. The number of hydrogen-bond acceptors (Lipinski definition) is 3. The normalized spacial score (nSPS) is 13.1. The van der Waals surface area contributed by atoms with Gasteiger partial charge in [-0.2, -0.15) is 0 Å². The summed E-state index contributed by atoms with van der Waals surface area (Å²) in [6, 6.07) is 14.2. The molecule has 0 radical (unpaired) electrons. The number of hydrogen-bond donors (Lipinski definition) is 0. The van der Waals surface area contributed by atoms with Crippen molar-refractivity contribution < 1.29 is 0 Å². The summed E-state index contributed by atoms with van der Waals surface area (Å²) in [5, 5.41) is 0.703. The predicted octanol–water partition coefficient (Wildman–Crippen LogP) is 4.74. The highest BCUT2D eigenvalue weighted by molar-refractivity contribution is 9.10. The average Bonchev–Trinajstić information content (AvgIpc) is 2.97. The van der Waals surface area contributed by atoms with Crippen molar-refractivity contribution in [3.8, 4) is 5.69 Å². The Balaban J connectivity index is 1.89. The summed E-state index contributed by atoms with van der Waals surface area (Å²) in [6.45, 7) is 1.49. The molecule has 1 aliphatic heterocycles. The van der Waals surface area contributed by atoms with E-state index in [4.69, 9.17) is 16.6 Å². The second-order valence-corrected chi connectivity index (χ2v) is 8.18. The smallest absolute Gasteiger partial charge is 0.135 e. The highest BCUT2D eigenvalue weighted by Crippen LogP contribution is 2.31. The summed E-state index contributed by atoms with van der Waals surface area (Å²) in [5.74, 6) is 0.953. The van der Waals surface area contributed by atoms with E-state index in [-0.39, 0.29) is 0 Å². The van der Waals surface area contributed by atoms with Gasteiger partial charge in [0.1, 0.15) is 5.82 Å². The SMILES string of the molecule is CN(C)CCc1cnc2n1-c1ccc(Br)cc1C(c1ccccc1Cl)=NC2. The van der Waals surface area contributed by atoms with E-state index in [1.165, 1.54) is 5.69 Å². The summed E-state index contributed by atoms with van der Waals surface area (Å²) in [7, 11) is 4.17. The second-order valence-electron chi connectivity index (χ2n) is 6.86. The Bertz CT molecular complexity index is 1020. The van der Waals surface area contributed by atoms with E-state index in [1.54, 1.807) is 0 Å². The summed E-state index contributed by atoms with van der Waals surface area (Å²) in [6.07, 6.45) is 2.90. The molecule has 0 atom stereocenters. The molecule has 0 saturated carbocycles. The molecule has 0 fully saturated rings. The lowest BCUT2D eigenvalue weighted by atomic mass is 10.0. The van der Waals surface area contributed by atoms with Gasteiger partial charge in [0.2, 0.25) is 0 Å². The minimum Gasteiger partial charge on any atom is -0.309 e. The Morgan fingerprint density at radius 1 is 1.15 bits per heavy atom. The van der Waals surface area contributed by atoms with Gasteiger partial charge < -0.3 is 4.90 Å². The highest BCUT2D eigenvalue weighted by atomic mass is 79.9. The van der Waals surface area contributed by atoms with Gasteiger partial charge in [-0.3, -0.25) is 9.56 Å². The predicted molar refractivity (Wildman–Crippen MR) is 114 cm³/mol. The van der Waals surface area contributed by atoms with Gasteiger partial charge in [0.05, 0.1) is 17.9 Å². The van der Waals surface area contributed by atoms with E-state index in [9.17, 15) is 0 Å². The zero-order valence-electron chi connectivity index (χ0n) is 15.3. The van der Waals surface area contributed by atoms with Gasteiger partial charge in [-0.15, -0.1) is 0 Å². The van der Waals surface area contributed by atoms with Crippen LogP contribution in [0.1, 0.15) is 22.6 Å². The van der Waals surface area contributed by atoms with Crippen LogP contribution in [0.15, 0.2) is 58.1 Å². The molecule has 1 aromatic heterocycles. The molecule has 0 aliphatic carbocycles. The van der Waals surface area contributed by atoms with Crippen molar-refractivity contribution in [2.75, 3.05) is 20.6 Å². The van der Waals surface area contributed by atoms with Gasteiger partial charge in [-0.05, 0) is 38.4 Å². The highest BCUT2D eigenvalue weighted by Gasteiger charge is 2.23. The van der Waals surface area contributed by atoms with Crippen molar-refractivity contribution in [3.63, 3.8) is 0 Å². The third-order valence-corrected chi connectivity index (χ3v) is 5.51. The van der Waals surface area contributed by atoms with Crippen molar-refractivity contribution in [1.29, 1.82) is 0 Å². The number of rotatable bonds is 4. The number of nitrogens with zero attached hydrogens (tertiary/aromatic N) is 4. The van der Waals surface area contributed by atoms with E-state index in [1.807, 2.05) is 30.5 Å². The van der Waals surface area contributed by atoms with Gasteiger partial charge in [0.25, 0.3) is 0 Å². The number of benzene rings is 2. The first-order chi connectivity index (χ1) is 13.0. The van der Waals surface area contributed by atoms with Gasteiger partial charge in [-0.1, -0.05) is 45.7 Å². The van der Waals surface area contributed by atoms with Gasteiger partial charge in [0.15, 0.2) is 0 Å². The zero-order chi connectivity index (χ0) is 19.0. The molecule has 138 valence electrons. The fourth-order valence-electron chi connectivity index (χ4n) is 3.36. The molecule has 3 aromatic rings. The van der Waals surface area contributed by atoms with E-state index < -0.39 is 0 Å². The summed E-state index contributed by atoms with van der Waals surface area (Å²) in [4.78, 5) is 11.7. The summed E-state index contributed by atoms with van der Waals surface area (Å²) >= 11 is 10.1. The van der Waals surface area contributed by atoms with Crippen LogP contribution in [-0.4, -0.2) is 40.8 Å². The molecule has 0 saturated heterocycles. The third kappa shape index (κ3) is 3.59. The van der Waals surface area contributed by atoms with Crippen LogP contribution in [-0.2, 0) is 13.0 Å². The quantitative estimate of drug-likeness (QED) is 0.583. The van der Waals surface area contributed by atoms with Gasteiger partial charge >= 0.3 is 0 Å². The molecular formula is C21H20BrClN4. The van der Waals surface area contributed by atoms with Crippen LogP contribution in [0.5, 0.6) is 0 Å². The average molecular weight is 444 g/mol. The first kappa shape index (κ1) is 18.4. The van der Waals surface area contributed by atoms with Crippen molar-refractivity contribution >= 4 is 33.2 Å². The van der Waals surface area contributed by atoms with Crippen LogP contribution >= 0.6 is 27.5 Å². The van der Waals surface area contributed by atoms with Crippen LogP contribution in [0, 0.1) is 0 Å². The maximum Gasteiger partial charge on any atom is 0.135 e. The van der Waals surface area contributed by atoms with Crippen LogP contribution in [0.2, 0.25) is 5.02 Å². The maximum absolute atomic E-state index is 6.50. The number of aliphatic imine (C=N–C) groups is 1. The molecule has 6 heteroatoms. The van der Waals surface area contributed by atoms with E-state index in [2.05, 4.69) is 62.7 Å². The van der Waals surface area contributed by atoms with Crippen molar-refractivity contribution in [1.82, 2.24) is 14.5 Å². The minimum absolute atomic E-state index is 0.523. The molecule has 2 heterocycles. The van der Waals surface area contributed by atoms with Crippen LogP contribution in [0.3, 0.4) is 0 Å². The van der Waals surface area contributed by atoms with Gasteiger partial charge in [0, 0.05) is 45.5 Å².